The molecular weight excluding hydrogens is 323 g/mol. The molecule has 0 bridgehead atoms. The molecule has 21 heavy (non-hydrogen) atoms. The summed E-state index contributed by atoms with van der Waals surface area (Å²) >= 11 is 14.0. The molecule has 0 atom stereocenters. The smallest absolute Gasteiger partial charge is 0.0905 e. The van der Waals surface area contributed by atoms with Gasteiger partial charge in [0.15, 0.2) is 0 Å². The molecule has 0 fully saturated rings. The van der Waals surface area contributed by atoms with E-state index in [0.717, 1.165) is 27.3 Å². The Morgan fingerprint density at radius 1 is 1.05 bits per heavy atom. The fraction of sp³-hybridized carbons (Fsp3) is 0.0625. The molecule has 0 saturated heterocycles. The number of rotatable bonds is 3. The maximum atomic E-state index is 6.31. The Balaban J connectivity index is 2.10. The van der Waals surface area contributed by atoms with Gasteiger partial charge in [-0.1, -0.05) is 59.6 Å². The first-order valence-corrected chi connectivity index (χ1v) is 8.01. The Morgan fingerprint density at radius 3 is 2.52 bits per heavy atom. The van der Waals surface area contributed by atoms with Crippen LogP contribution in [0.4, 0.5) is 0 Å². The number of benzene rings is 2. The van der Waals surface area contributed by atoms with E-state index in [1.807, 2.05) is 29.8 Å². The van der Waals surface area contributed by atoms with Gasteiger partial charge in [-0.05, 0) is 17.2 Å². The summed E-state index contributed by atoms with van der Waals surface area (Å²) in [6, 6.07) is 13.7. The van der Waals surface area contributed by atoms with Crippen LogP contribution in [0.15, 0.2) is 48.0 Å². The molecule has 5 heteroatoms. The fourth-order valence-electron chi connectivity index (χ4n) is 2.12. The largest absolute Gasteiger partial charge is 0.326 e. The standard InChI is InChI=1S/C16H12Cl2N2S/c17-13-3-1-2-12(14(13)18)15-16(21-9-20-15)11-6-4-10(8-19)5-7-11/h1-7,9H,8,19H2. The second kappa shape index (κ2) is 6.16. The van der Waals surface area contributed by atoms with Crippen LogP contribution in [0.3, 0.4) is 0 Å². The Kier molecular flexibility index (Phi) is 4.27. The monoisotopic (exact) mass is 334 g/mol. The number of hydrogen-bond acceptors (Lipinski definition) is 3. The van der Waals surface area contributed by atoms with Crippen LogP contribution < -0.4 is 5.73 Å². The molecule has 3 aromatic rings. The average molecular weight is 335 g/mol. The molecule has 2 N–H and O–H groups in total. The van der Waals surface area contributed by atoms with Gasteiger partial charge in [-0.15, -0.1) is 11.3 Å². The van der Waals surface area contributed by atoms with E-state index >= 15 is 0 Å². The lowest BCUT2D eigenvalue weighted by Crippen LogP contribution is -1.95. The molecule has 0 aliphatic heterocycles. The zero-order chi connectivity index (χ0) is 14.8. The summed E-state index contributed by atoms with van der Waals surface area (Å²) in [6.45, 7) is 0.538. The summed E-state index contributed by atoms with van der Waals surface area (Å²) in [5.74, 6) is 0. The number of halogens is 2. The van der Waals surface area contributed by atoms with E-state index in [2.05, 4.69) is 17.1 Å². The van der Waals surface area contributed by atoms with Crippen LogP contribution in [-0.2, 0) is 6.54 Å². The van der Waals surface area contributed by atoms with Gasteiger partial charge in [-0.2, -0.15) is 0 Å². The molecule has 2 aromatic carbocycles. The van der Waals surface area contributed by atoms with Crippen LogP contribution >= 0.6 is 34.5 Å². The summed E-state index contributed by atoms with van der Waals surface area (Å²) in [6.07, 6.45) is 0. The topological polar surface area (TPSA) is 38.9 Å². The van der Waals surface area contributed by atoms with Crippen molar-refractivity contribution < 1.29 is 0 Å². The normalized spacial score (nSPS) is 10.8. The third-order valence-electron chi connectivity index (χ3n) is 3.23. The highest BCUT2D eigenvalue weighted by atomic mass is 35.5. The van der Waals surface area contributed by atoms with Crippen molar-refractivity contribution in [3.63, 3.8) is 0 Å². The van der Waals surface area contributed by atoms with Crippen molar-refractivity contribution in [2.75, 3.05) is 0 Å². The SMILES string of the molecule is NCc1ccc(-c2scnc2-c2cccc(Cl)c2Cl)cc1. The van der Waals surface area contributed by atoms with E-state index in [0.29, 0.717) is 16.6 Å². The minimum absolute atomic E-state index is 0.532. The molecule has 0 aliphatic rings. The van der Waals surface area contributed by atoms with E-state index in [9.17, 15) is 0 Å². The first kappa shape index (κ1) is 14.5. The molecule has 1 heterocycles. The quantitative estimate of drug-likeness (QED) is 0.711. The van der Waals surface area contributed by atoms with E-state index in [1.165, 1.54) is 0 Å². The molecule has 0 radical (unpaired) electrons. The lowest BCUT2D eigenvalue weighted by Gasteiger charge is -2.07. The van der Waals surface area contributed by atoms with Crippen LogP contribution in [0.25, 0.3) is 21.7 Å². The second-order valence-electron chi connectivity index (χ2n) is 4.53. The molecule has 3 rings (SSSR count). The van der Waals surface area contributed by atoms with Crippen molar-refractivity contribution in [2.45, 2.75) is 6.54 Å². The summed E-state index contributed by atoms with van der Waals surface area (Å²) in [4.78, 5) is 5.53. The van der Waals surface area contributed by atoms with Gasteiger partial charge >= 0.3 is 0 Å². The van der Waals surface area contributed by atoms with Gasteiger partial charge in [0, 0.05) is 12.1 Å². The van der Waals surface area contributed by atoms with Gasteiger partial charge in [-0.3, -0.25) is 0 Å². The maximum absolute atomic E-state index is 6.31. The molecule has 0 unspecified atom stereocenters. The predicted molar refractivity (Wildman–Crippen MR) is 90.9 cm³/mol. The highest BCUT2D eigenvalue weighted by Crippen LogP contribution is 2.39. The minimum atomic E-state index is 0.532. The lowest BCUT2D eigenvalue weighted by atomic mass is 10.1. The van der Waals surface area contributed by atoms with E-state index in [-0.39, 0.29) is 0 Å². The van der Waals surface area contributed by atoms with Crippen LogP contribution in [0.1, 0.15) is 5.56 Å². The van der Waals surface area contributed by atoms with Crippen molar-refractivity contribution in [1.82, 2.24) is 4.98 Å². The second-order valence-corrected chi connectivity index (χ2v) is 6.17. The molecule has 1 aromatic heterocycles. The molecule has 0 aliphatic carbocycles. The third-order valence-corrected chi connectivity index (χ3v) is 4.92. The predicted octanol–water partition coefficient (Wildman–Crippen LogP) is 5.24. The molecule has 0 amide bonds. The van der Waals surface area contributed by atoms with Crippen LogP contribution in [0.2, 0.25) is 10.0 Å². The van der Waals surface area contributed by atoms with E-state index in [4.69, 9.17) is 28.9 Å². The van der Waals surface area contributed by atoms with Gasteiger partial charge in [-0.25, -0.2) is 4.98 Å². The van der Waals surface area contributed by atoms with Crippen molar-refractivity contribution in [2.24, 2.45) is 5.73 Å². The van der Waals surface area contributed by atoms with E-state index < -0.39 is 0 Å². The van der Waals surface area contributed by atoms with Crippen molar-refractivity contribution >= 4 is 34.5 Å². The number of hydrogen-bond donors (Lipinski definition) is 1. The third kappa shape index (κ3) is 2.83. The lowest BCUT2D eigenvalue weighted by molar-refractivity contribution is 1.07. The Hall–Kier alpha value is -1.39. The van der Waals surface area contributed by atoms with Gasteiger partial charge < -0.3 is 5.73 Å². The van der Waals surface area contributed by atoms with Gasteiger partial charge in [0.05, 0.1) is 26.1 Å². The number of nitrogens with two attached hydrogens (primary N) is 1. The van der Waals surface area contributed by atoms with Gasteiger partial charge in [0.2, 0.25) is 0 Å². The van der Waals surface area contributed by atoms with E-state index in [1.54, 1.807) is 17.4 Å². The zero-order valence-electron chi connectivity index (χ0n) is 11.0. The van der Waals surface area contributed by atoms with Gasteiger partial charge in [0.1, 0.15) is 0 Å². The van der Waals surface area contributed by atoms with Crippen LogP contribution in [0, 0.1) is 0 Å². The van der Waals surface area contributed by atoms with Crippen molar-refractivity contribution in [3.05, 3.63) is 63.6 Å². The number of nitrogens with zero attached hydrogens (tertiary/aromatic N) is 1. The van der Waals surface area contributed by atoms with Crippen molar-refractivity contribution in [1.29, 1.82) is 0 Å². The molecule has 2 nitrogen and oxygen atoms in total. The van der Waals surface area contributed by atoms with Crippen LogP contribution in [-0.4, -0.2) is 4.98 Å². The summed E-state index contributed by atoms with van der Waals surface area (Å²) in [5, 5.41) is 1.07. The minimum Gasteiger partial charge on any atom is -0.326 e. The summed E-state index contributed by atoms with van der Waals surface area (Å²) in [7, 11) is 0. The molecule has 0 saturated carbocycles. The summed E-state index contributed by atoms with van der Waals surface area (Å²) in [5.41, 5.74) is 11.4. The van der Waals surface area contributed by atoms with Gasteiger partial charge in [0.25, 0.3) is 0 Å². The maximum Gasteiger partial charge on any atom is 0.0905 e. The first-order chi connectivity index (χ1) is 10.2. The number of thiazole rings is 1. The highest BCUT2D eigenvalue weighted by molar-refractivity contribution is 7.13. The fourth-order valence-corrected chi connectivity index (χ4v) is 3.32. The highest BCUT2D eigenvalue weighted by Gasteiger charge is 2.15. The first-order valence-electron chi connectivity index (χ1n) is 6.38. The average Bonchev–Trinajstić information content (AvgIpc) is 2.99. The molecule has 106 valence electrons. The Labute approximate surface area is 137 Å². The number of aromatic nitrogens is 1. The Morgan fingerprint density at radius 2 is 1.81 bits per heavy atom. The van der Waals surface area contributed by atoms with Crippen molar-refractivity contribution in [3.8, 4) is 21.7 Å². The molecule has 0 spiro atoms. The summed E-state index contributed by atoms with van der Waals surface area (Å²) < 4.78 is 0. The zero-order valence-corrected chi connectivity index (χ0v) is 13.3. The molecular formula is C16H12Cl2N2S. The van der Waals surface area contributed by atoms with Crippen LogP contribution in [0.5, 0.6) is 0 Å². The Bertz CT molecular complexity index is 766.